The maximum Gasteiger partial charge on any atom is 0.263 e. The molecule has 0 spiro atoms. The van der Waals surface area contributed by atoms with Crippen LogP contribution in [-0.2, 0) is 6.61 Å². The number of hydrogen-bond donors (Lipinski definition) is 1. The first kappa shape index (κ1) is 20.0. The van der Waals surface area contributed by atoms with Gasteiger partial charge in [-0.05, 0) is 29.3 Å². The normalized spacial score (nSPS) is 10.7. The Labute approximate surface area is 180 Å². The van der Waals surface area contributed by atoms with Gasteiger partial charge >= 0.3 is 0 Å². The van der Waals surface area contributed by atoms with E-state index < -0.39 is 0 Å². The van der Waals surface area contributed by atoms with E-state index in [4.69, 9.17) is 9.47 Å². The molecular weight excluding hydrogens is 390 g/mol. The molecule has 0 aliphatic carbocycles. The predicted octanol–water partition coefficient (Wildman–Crippen LogP) is 4.57. The molecule has 1 aromatic heterocycles. The summed E-state index contributed by atoms with van der Waals surface area (Å²) in [5, 5.41) is 12.2. The van der Waals surface area contributed by atoms with Crippen LogP contribution in [0.3, 0.4) is 0 Å². The van der Waals surface area contributed by atoms with Crippen LogP contribution in [0, 0.1) is 0 Å². The molecule has 0 aliphatic heterocycles. The molecule has 154 valence electrons. The number of hydrazone groups is 1. The monoisotopic (exact) mass is 411 g/mol. The highest BCUT2D eigenvalue weighted by atomic mass is 16.5. The summed E-state index contributed by atoms with van der Waals surface area (Å²) in [4.78, 5) is 4.43. The third kappa shape index (κ3) is 5.42. The maximum atomic E-state index is 5.88. The number of methoxy groups -OCH3 is 1. The molecule has 7 nitrogen and oxygen atoms in total. The fourth-order valence-corrected chi connectivity index (χ4v) is 2.88. The van der Waals surface area contributed by atoms with Crippen molar-refractivity contribution in [2.45, 2.75) is 6.61 Å². The second-order valence-corrected chi connectivity index (χ2v) is 6.59. The molecule has 0 saturated carbocycles. The molecule has 7 heteroatoms. The molecule has 0 aliphatic rings. The van der Waals surface area contributed by atoms with Crippen molar-refractivity contribution in [2.24, 2.45) is 5.10 Å². The molecular formula is C24H21N5O2. The second-order valence-electron chi connectivity index (χ2n) is 6.59. The molecule has 4 aromatic rings. The van der Waals surface area contributed by atoms with Crippen LogP contribution in [0.4, 0.5) is 5.95 Å². The van der Waals surface area contributed by atoms with Gasteiger partial charge in [0.2, 0.25) is 0 Å². The third-order valence-electron chi connectivity index (χ3n) is 4.43. The van der Waals surface area contributed by atoms with Crippen LogP contribution in [0.1, 0.15) is 11.1 Å². The summed E-state index contributed by atoms with van der Waals surface area (Å²) >= 11 is 0. The summed E-state index contributed by atoms with van der Waals surface area (Å²) in [5.41, 5.74) is 6.42. The lowest BCUT2D eigenvalue weighted by Gasteiger charge is -2.11. The Morgan fingerprint density at radius 3 is 2.48 bits per heavy atom. The average molecular weight is 411 g/mol. The van der Waals surface area contributed by atoms with Crippen molar-refractivity contribution in [3.8, 4) is 22.8 Å². The third-order valence-corrected chi connectivity index (χ3v) is 4.43. The van der Waals surface area contributed by atoms with Crippen LogP contribution >= 0.6 is 0 Å². The van der Waals surface area contributed by atoms with E-state index in [0.717, 1.165) is 22.4 Å². The van der Waals surface area contributed by atoms with E-state index in [1.165, 1.54) is 0 Å². The molecule has 31 heavy (non-hydrogen) atoms. The Morgan fingerprint density at radius 2 is 1.71 bits per heavy atom. The van der Waals surface area contributed by atoms with Gasteiger partial charge in [-0.3, -0.25) is 0 Å². The molecule has 0 amide bonds. The van der Waals surface area contributed by atoms with Gasteiger partial charge in [0.1, 0.15) is 6.61 Å². The van der Waals surface area contributed by atoms with Gasteiger partial charge in [0.05, 0.1) is 25.2 Å². The predicted molar refractivity (Wildman–Crippen MR) is 120 cm³/mol. The molecule has 0 radical (unpaired) electrons. The molecule has 0 bridgehead atoms. The quantitative estimate of drug-likeness (QED) is 0.338. The summed E-state index contributed by atoms with van der Waals surface area (Å²) in [6.45, 7) is 0.467. The van der Waals surface area contributed by atoms with Crippen molar-refractivity contribution in [1.82, 2.24) is 15.2 Å². The lowest BCUT2D eigenvalue weighted by molar-refractivity contribution is 0.284. The number of rotatable bonds is 8. The Hall–Kier alpha value is -4.26. The van der Waals surface area contributed by atoms with Crippen LogP contribution in [0.15, 0.2) is 90.2 Å². The topological polar surface area (TPSA) is 81.5 Å². The standard InChI is InChI=1S/C24H21N5O2/c1-30-23-14-19(12-13-22(23)31-17-18-8-4-2-5-9-18)15-25-28-24-27-21(16-26-29-24)20-10-6-3-7-11-20/h2-16H,17H2,1H3,(H,27,28,29)/b25-15-. The minimum atomic E-state index is 0.312. The van der Waals surface area contributed by atoms with Gasteiger partial charge in [0, 0.05) is 5.56 Å². The summed E-state index contributed by atoms with van der Waals surface area (Å²) < 4.78 is 11.3. The van der Waals surface area contributed by atoms with Crippen LogP contribution in [0.25, 0.3) is 11.3 Å². The molecule has 0 atom stereocenters. The highest BCUT2D eigenvalue weighted by Crippen LogP contribution is 2.28. The number of benzene rings is 3. The Bertz CT molecular complexity index is 1150. The summed E-state index contributed by atoms with van der Waals surface area (Å²) in [5.74, 6) is 1.61. The van der Waals surface area contributed by atoms with Gasteiger partial charge in [-0.2, -0.15) is 10.2 Å². The zero-order chi connectivity index (χ0) is 21.3. The number of nitrogens with one attached hydrogen (secondary N) is 1. The average Bonchev–Trinajstić information content (AvgIpc) is 2.84. The summed E-state index contributed by atoms with van der Waals surface area (Å²) in [7, 11) is 1.61. The van der Waals surface area contributed by atoms with Crippen molar-refractivity contribution in [3.63, 3.8) is 0 Å². The van der Waals surface area contributed by atoms with E-state index in [-0.39, 0.29) is 0 Å². The molecule has 0 fully saturated rings. The van der Waals surface area contributed by atoms with Gasteiger partial charge < -0.3 is 9.47 Å². The van der Waals surface area contributed by atoms with Crippen LogP contribution in [0.2, 0.25) is 0 Å². The number of nitrogens with zero attached hydrogens (tertiary/aromatic N) is 4. The van der Waals surface area contributed by atoms with Crippen molar-refractivity contribution < 1.29 is 9.47 Å². The SMILES string of the molecule is COc1cc(/C=N\Nc2nncc(-c3ccccc3)n2)ccc1OCc1ccccc1. The van der Waals surface area contributed by atoms with Crippen molar-refractivity contribution in [2.75, 3.05) is 12.5 Å². The lowest BCUT2D eigenvalue weighted by Crippen LogP contribution is -2.00. The van der Waals surface area contributed by atoms with E-state index in [2.05, 4.69) is 25.7 Å². The number of ether oxygens (including phenoxy) is 2. The van der Waals surface area contributed by atoms with Gasteiger partial charge in [-0.1, -0.05) is 60.7 Å². The number of aromatic nitrogens is 3. The number of hydrogen-bond acceptors (Lipinski definition) is 7. The molecule has 0 unspecified atom stereocenters. The van der Waals surface area contributed by atoms with E-state index in [0.29, 0.717) is 24.1 Å². The summed E-state index contributed by atoms with van der Waals surface area (Å²) in [6.07, 6.45) is 3.27. The number of anilines is 1. The Morgan fingerprint density at radius 1 is 0.935 bits per heavy atom. The maximum absolute atomic E-state index is 5.88. The largest absolute Gasteiger partial charge is 0.493 e. The fraction of sp³-hybridized carbons (Fsp3) is 0.0833. The molecule has 3 aromatic carbocycles. The molecule has 4 rings (SSSR count). The highest BCUT2D eigenvalue weighted by molar-refractivity contribution is 5.81. The minimum Gasteiger partial charge on any atom is -0.493 e. The molecule has 0 saturated heterocycles. The van der Waals surface area contributed by atoms with Crippen LogP contribution in [-0.4, -0.2) is 28.5 Å². The van der Waals surface area contributed by atoms with Gasteiger partial charge in [0.15, 0.2) is 11.5 Å². The van der Waals surface area contributed by atoms with E-state index >= 15 is 0 Å². The molecule has 1 heterocycles. The van der Waals surface area contributed by atoms with Crippen LogP contribution < -0.4 is 14.9 Å². The van der Waals surface area contributed by atoms with Crippen molar-refractivity contribution in [3.05, 3.63) is 96.2 Å². The van der Waals surface area contributed by atoms with Crippen molar-refractivity contribution in [1.29, 1.82) is 0 Å². The first-order valence-electron chi connectivity index (χ1n) is 9.71. The fourth-order valence-electron chi connectivity index (χ4n) is 2.88. The smallest absolute Gasteiger partial charge is 0.263 e. The first-order chi connectivity index (χ1) is 15.3. The van der Waals surface area contributed by atoms with Crippen molar-refractivity contribution >= 4 is 12.2 Å². The van der Waals surface area contributed by atoms with E-state index in [1.54, 1.807) is 19.5 Å². The highest BCUT2D eigenvalue weighted by Gasteiger charge is 2.06. The minimum absolute atomic E-state index is 0.312. The van der Waals surface area contributed by atoms with Gasteiger partial charge in [-0.25, -0.2) is 10.4 Å². The van der Waals surface area contributed by atoms with Gasteiger partial charge in [0.25, 0.3) is 5.95 Å². The lowest BCUT2D eigenvalue weighted by atomic mass is 10.2. The second kappa shape index (κ2) is 9.98. The Kier molecular flexibility index (Phi) is 6.45. The van der Waals surface area contributed by atoms with E-state index in [1.807, 2.05) is 78.9 Å². The molecule has 1 N–H and O–H groups in total. The first-order valence-corrected chi connectivity index (χ1v) is 9.71. The zero-order valence-corrected chi connectivity index (χ0v) is 17.0. The Balaban J connectivity index is 1.41. The van der Waals surface area contributed by atoms with E-state index in [9.17, 15) is 0 Å². The van der Waals surface area contributed by atoms with Gasteiger partial charge in [-0.15, -0.1) is 5.10 Å². The summed E-state index contributed by atoms with van der Waals surface area (Å²) in [6, 6.07) is 25.4. The zero-order valence-electron chi connectivity index (χ0n) is 17.0. The van der Waals surface area contributed by atoms with Crippen LogP contribution in [0.5, 0.6) is 11.5 Å².